The molecular formula is C21H26N4O3. The Balaban J connectivity index is 1.82. The maximum atomic E-state index is 12.1. The highest BCUT2D eigenvalue weighted by Crippen LogP contribution is 2.16. The van der Waals surface area contributed by atoms with Crippen molar-refractivity contribution in [3.8, 4) is 0 Å². The molecule has 0 aliphatic heterocycles. The third kappa shape index (κ3) is 7.11. The van der Waals surface area contributed by atoms with Crippen LogP contribution in [0.15, 0.2) is 54.6 Å². The van der Waals surface area contributed by atoms with Gasteiger partial charge in [0.2, 0.25) is 11.8 Å². The number of benzene rings is 2. The van der Waals surface area contributed by atoms with E-state index in [-0.39, 0.29) is 30.8 Å². The quantitative estimate of drug-likeness (QED) is 0.611. The second kappa shape index (κ2) is 9.55. The first-order valence-corrected chi connectivity index (χ1v) is 9.05. The van der Waals surface area contributed by atoms with Crippen LogP contribution in [0.3, 0.4) is 0 Å². The fraction of sp³-hybridized carbons (Fsp3) is 0.286. The number of rotatable bonds is 6. The third-order valence-electron chi connectivity index (χ3n) is 3.75. The summed E-state index contributed by atoms with van der Waals surface area (Å²) >= 11 is 0. The Hall–Kier alpha value is -3.35. The summed E-state index contributed by atoms with van der Waals surface area (Å²) in [6.45, 7) is 5.71. The van der Waals surface area contributed by atoms with Gasteiger partial charge in [-0.05, 0) is 30.3 Å². The molecule has 2 rings (SSSR count). The fourth-order valence-electron chi connectivity index (χ4n) is 2.27. The van der Waals surface area contributed by atoms with Crippen LogP contribution < -0.4 is 21.3 Å². The lowest BCUT2D eigenvalue weighted by molar-refractivity contribution is -0.128. The average molecular weight is 382 g/mol. The van der Waals surface area contributed by atoms with Crippen molar-refractivity contribution in [2.45, 2.75) is 27.2 Å². The summed E-state index contributed by atoms with van der Waals surface area (Å²) in [5, 5.41) is 10.9. The predicted molar refractivity (Wildman–Crippen MR) is 111 cm³/mol. The minimum Gasteiger partial charge on any atom is -0.355 e. The average Bonchev–Trinajstić information content (AvgIpc) is 2.61. The zero-order valence-electron chi connectivity index (χ0n) is 16.3. The van der Waals surface area contributed by atoms with Crippen molar-refractivity contribution in [1.82, 2.24) is 5.32 Å². The van der Waals surface area contributed by atoms with Crippen LogP contribution in [-0.2, 0) is 9.59 Å². The lowest BCUT2D eigenvalue weighted by atomic mass is 9.96. The molecule has 148 valence electrons. The standard InChI is InChI=1S/C21H26N4O3/c1-21(2,3)19(27)22-13-12-18(26)23-16-10-7-11-17(14-16)25-20(28)24-15-8-5-4-6-9-15/h4-11,14H,12-13H2,1-3H3,(H,22,27)(H,23,26)(H2,24,25,28). The van der Waals surface area contributed by atoms with Crippen molar-refractivity contribution in [2.75, 3.05) is 22.5 Å². The van der Waals surface area contributed by atoms with Gasteiger partial charge in [-0.15, -0.1) is 0 Å². The van der Waals surface area contributed by atoms with E-state index in [1.165, 1.54) is 0 Å². The Morgan fingerprint density at radius 2 is 1.36 bits per heavy atom. The van der Waals surface area contributed by atoms with Gasteiger partial charge in [-0.1, -0.05) is 45.0 Å². The molecule has 0 saturated carbocycles. The highest BCUT2D eigenvalue weighted by atomic mass is 16.2. The summed E-state index contributed by atoms with van der Waals surface area (Å²) < 4.78 is 0. The molecule has 0 unspecified atom stereocenters. The lowest BCUT2D eigenvalue weighted by Crippen LogP contribution is -2.36. The molecule has 7 heteroatoms. The molecule has 0 saturated heterocycles. The van der Waals surface area contributed by atoms with Gasteiger partial charge >= 0.3 is 6.03 Å². The van der Waals surface area contributed by atoms with E-state index in [4.69, 9.17) is 0 Å². The molecule has 0 aliphatic carbocycles. The molecule has 7 nitrogen and oxygen atoms in total. The van der Waals surface area contributed by atoms with Gasteiger partial charge in [0.25, 0.3) is 0 Å². The van der Waals surface area contributed by atoms with E-state index in [1.807, 2.05) is 39.0 Å². The number of urea groups is 1. The molecule has 0 aromatic heterocycles. The first kappa shape index (κ1) is 21.0. The number of amides is 4. The molecule has 0 heterocycles. The third-order valence-corrected chi connectivity index (χ3v) is 3.75. The number of para-hydroxylation sites is 1. The number of carbonyl (C=O) groups is 3. The molecule has 0 atom stereocenters. The SMILES string of the molecule is CC(C)(C)C(=O)NCCC(=O)Nc1cccc(NC(=O)Nc2ccccc2)c1. The lowest BCUT2D eigenvalue weighted by Gasteiger charge is -2.17. The van der Waals surface area contributed by atoms with Gasteiger partial charge < -0.3 is 21.3 Å². The Labute approximate surface area is 164 Å². The number of hydrogen-bond donors (Lipinski definition) is 4. The highest BCUT2D eigenvalue weighted by molar-refractivity contribution is 6.00. The molecule has 0 fully saturated rings. The molecule has 4 amide bonds. The molecule has 2 aromatic rings. The number of anilines is 3. The highest BCUT2D eigenvalue weighted by Gasteiger charge is 2.20. The Kier molecular flexibility index (Phi) is 7.14. The van der Waals surface area contributed by atoms with Crippen LogP contribution in [0.2, 0.25) is 0 Å². The summed E-state index contributed by atoms with van der Waals surface area (Å²) in [5.41, 5.74) is 1.30. The van der Waals surface area contributed by atoms with Gasteiger partial charge in [-0.25, -0.2) is 4.79 Å². The summed E-state index contributed by atoms with van der Waals surface area (Å²) in [5.74, 6) is -0.323. The maximum absolute atomic E-state index is 12.1. The molecule has 0 radical (unpaired) electrons. The Morgan fingerprint density at radius 1 is 0.786 bits per heavy atom. The zero-order valence-corrected chi connectivity index (χ0v) is 16.3. The normalized spacial score (nSPS) is 10.7. The summed E-state index contributed by atoms with van der Waals surface area (Å²) in [6.07, 6.45) is 0.161. The van der Waals surface area contributed by atoms with Gasteiger partial charge in [0.15, 0.2) is 0 Å². The summed E-state index contributed by atoms with van der Waals surface area (Å²) in [6, 6.07) is 15.6. The second-order valence-corrected chi connectivity index (χ2v) is 7.33. The van der Waals surface area contributed by atoms with Crippen LogP contribution in [0.1, 0.15) is 27.2 Å². The van der Waals surface area contributed by atoms with E-state index in [9.17, 15) is 14.4 Å². The Bertz CT molecular complexity index is 829. The van der Waals surface area contributed by atoms with E-state index >= 15 is 0 Å². The summed E-state index contributed by atoms with van der Waals surface area (Å²) in [4.78, 5) is 35.9. The first-order valence-electron chi connectivity index (χ1n) is 9.05. The van der Waals surface area contributed by atoms with Crippen molar-refractivity contribution in [3.63, 3.8) is 0 Å². The fourth-order valence-corrected chi connectivity index (χ4v) is 2.27. The van der Waals surface area contributed by atoms with Crippen molar-refractivity contribution in [3.05, 3.63) is 54.6 Å². The second-order valence-electron chi connectivity index (χ2n) is 7.33. The first-order chi connectivity index (χ1) is 13.2. The maximum Gasteiger partial charge on any atom is 0.323 e. The minimum absolute atomic E-state index is 0.101. The summed E-state index contributed by atoms with van der Waals surface area (Å²) in [7, 11) is 0. The van der Waals surface area contributed by atoms with E-state index in [0.717, 1.165) is 0 Å². The van der Waals surface area contributed by atoms with Crippen molar-refractivity contribution >= 4 is 34.9 Å². The number of hydrogen-bond acceptors (Lipinski definition) is 3. The van der Waals surface area contributed by atoms with Crippen LogP contribution in [-0.4, -0.2) is 24.4 Å². The van der Waals surface area contributed by atoms with Gasteiger partial charge in [0.05, 0.1) is 0 Å². The van der Waals surface area contributed by atoms with Crippen molar-refractivity contribution in [2.24, 2.45) is 5.41 Å². The van der Waals surface area contributed by atoms with Gasteiger partial charge in [0, 0.05) is 35.4 Å². The number of carbonyl (C=O) groups excluding carboxylic acids is 3. The van der Waals surface area contributed by atoms with E-state index in [2.05, 4.69) is 21.3 Å². The zero-order chi connectivity index (χ0) is 20.6. The van der Waals surface area contributed by atoms with Crippen LogP contribution >= 0.6 is 0 Å². The smallest absolute Gasteiger partial charge is 0.323 e. The topological polar surface area (TPSA) is 99.3 Å². The molecule has 0 aliphatic rings. The van der Waals surface area contributed by atoms with Crippen LogP contribution in [0.4, 0.5) is 21.9 Å². The van der Waals surface area contributed by atoms with Crippen LogP contribution in [0, 0.1) is 5.41 Å². The van der Waals surface area contributed by atoms with Gasteiger partial charge in [-0.2, -0.15) is 0 Å². The van der Waals surface area contributed by atoms with Crippen molar-refractivity contribution < 1.29 is 14.4 Å². The van der Waals surface area contributed by atoms with Gasteiger partial charge in [-0.3, -0.25) is 9.59 Å². The van der Waals surface area contributed by atoms with Crippen molar-refractivity contribution in [1.29, 1.82) is 0 Å². The van der Waals surface area contributed by atoms with Gasteiger partial charge in [0.1, 0.15) is 0 Å². The largest absolute Gasteiger partial charge is 0.355 e. The predicted octanol–water partition coefficient (Wildman–Crippen LogP) is 3.82. The molecule has 2 aromatic carbocycles. The monoisotopic (exact) mass is 382 g/mol. The van der Waals surface area contributed by atoms with E-state index in [1.54, 1.807) is 36.4 Å². The molecule has 0 bridgehead atoms. The van der Waals surface area contributed by atoms with E-state index < -0.39 is 5.41 Å². The van der Waals surface area contributed by atoms with Crippen LogP contribution in [0.25, 0.3) is 0 Å². The molecular weight excluding hydrogens is 356 g/mol. The van der Waals surface area contributed by atoms with E-state index in [0.29, 0.717) is 17.1 Å². The molecule has 0 spiro atoms. The number of nitrogens with one attached hydrogen (secondary N) is 4. The molecule has 28 heavy (non-hydrogen) atoms. The molecule has 4 N–H and O–H groups in total. The Morgan fingerprint density at radius 3 is 2.00 bits per heavy atom. The van der Waals surface area contributed by atoms with Crippen LogP contribution in [0.5, 0.6) is 0 Å². The minimum atomic E-state index is -0.489.